The molecule has 7 heterocycles. The first-order chi connectivity index (χ1) is 45.4. The van der Waals surface area contributed by atoms with Crippen molar-refractivity contribution < 1.29 is 83.7 Å². The highest BCUT2D eigenvalue weighted by Crippen LogP contribution is 2.53. The number of aldehydes is 1. The fourth-order valence-electron chi connectivity index (χ4n) is 14.5. The number of anilines is 1. The molecule has 0 saturated carbocycles. The number of nitrogens with one attached hydrogen (secondary N) is 7. The number of nitrogens with two attached hydrogens (primary N) is 1. The normalized spacial score (nSPS) is 31.2. The van der Waals surface area contributed by atoms with Crippen LogP contribution in [0.4, 0.5) is 5.69 Å². The minimum atomic E-state index is -2.59. The van der Waals surface area contributed by atoms with Crippen LogP contribution in [-0.2, 0) is 43.4 Å². The average Bonchev–Trinajstić information content (AvgIpc) is 0.942. The fraction of sp³-hybridized carbons (Fsp3) is 0.500. The zero-order chi connectivity index (χ0) is 66.1. The number of carbonyl (C=O) groups excluding carboxylic acids is 4. The monoisotopic (exact) mass is 1300 g/mol. The summed E-state index contributed by atoms with van der Waals surface area (Å²) in [7, 11) is 1.81. The number of hydrogen-bond donors (Lipinski definition) is 16. The molecule has 1 amide bonds. The van der Waals surface area contributed by atoms with Gasteiger partial charge in [-0.3, -0.25) is 30.8 Å². The van der Waals surface area contributed by atoms with Crippen molar-refractivity contribution in [1.82, 2.24) is 37.4 Å². The molecule has 4 aromatic carbocycles. The van der Waals surface area contributed by atoms with E-state index in [1.807, 2.05) is 53.4 Å². The Morgan fingerprint density at radius 1 is 0.957 bits per heavy atom. The van der Waals surface area contributed by atoms with Gasteiger partial charge in [0.05, 0.1) is 69.0 Å². The summed E-state index contributed by atoms with van der Waals surface area (Å²) < 4.78 is 34.8. The lowest BCUT2D eigenvalue weighted by molar-refractivity contribution is -0.310. The van der Waals surface area contributed by atoms with Crippen molar-refractivity contribution in [2.75, 3.05) is 64.7 Å². The molecule has 12 rings (SSSR count). The maximum Gasteiger partial charge on any atom is 0.242 e. The van der Waals surface area contributed by atoms with E-state index in [1.165, 1.54) is 18.2 Å². The molecule has 94 heavy (non-hydrogen) atoms. The topological polar surface area (TPSA) is 390 Å². The summed E-state index contributed by atoms with van der Waals surface area (Å²) >= 11 is 0. The molecule has 0 spiro atoms. The number of hydrogen-bond acceptors (Lipinski definition) is 25. The third-order valence-electron chi connectivity index (χ3n) is 19.2. The number of benzene rings is 4. The van der Waals surface area contributed by atoms with Crippen LogP contribution in [0.3, 0.4) is 0 Å². The van der Waals surface area contributed by atoms with E-state index in [-0.39, 0.29) is 104 Å². The number of dihydropyridines is 1. The van der Waals surface area contributed by atoms with Crippen LogP contribution in [0.25, 0.3) is 0 Å². The smallest absolute Gasteiger partial charge is 0.242 e. The van der Waals surface area contributed by atoms with Crippen LogP contribution in [0.15, 0.2) is 90.3 Å². The Kier molecular flexibility index (Phi) is 20.3. The highest BCUT2D eigenvalue weighted by Gasteiger charge is 2.58. The van der Waals surface area contributed by atoms with E-state index in [0.717, 1.165) is 5.56 Å². The summed E-state index contributed by atoms with van der Waals surface area (Å²) in [5.41, 5.74) is 13.7. The van der Waals surface area contributed by atoms with Gasteiger partial charge >= 0.3 is 0 Å². The molecule has 0 radical (unpaired) electrons. The number of rotatable bonds is 17. The highest BCUT2D eigenvalue weighted by molar-refractivity contribution is 6.29. The molecule has 17 atom stereocenters. The van der Waals surface area contributed by atoms with Crippen molar-refractivity contribution in [3.05, 3.63) is 146 Å². The number of carbonyl (C=O) groups is 4. The first-order valence-corrected chi connectivity index (χ1v) is 32.1. The molecule has 4 aromatic rings. The molecular weight excluding hydrogens is 1210 g/mol. The maximum atomic E-state index is 15.6. The van der Waals surface area contributed by atoms with E-state index in [9.17, 15) is 50.4 Å². The Bertz CT molecular complexity index is 3630. The Labute approximate surface area is 543 Å². The Hall–Kier alpha value is -7.24. The SMILES string of the molecule is CNCc1cc2cc(c1)C(CCO)C(O)C(C1=CCNC(NNCC(C)O)=C1)COC1C3Oc4c(cc5c(c4OCC(O)CC=O)C(=O)c4cc(CO)ccc4C5=O)C(c4ccccc4N4CNC5C(=O)NC(N)NC54)C4CCC(O)C(C#CC(O)(C(COC4)O3)C1O)C2. The Morgan fingerprint density at radius 2 is 1.79 bits per heavy atom. The summed E-state index contributed by atoms with van der Waals surface area (Å²) in [5, 5.41) is 112. The van der Waals surface area contributed by atoms with Crippen LogP contribution in [0.1, 0.15) is 110 Å². The minimum absolute atomic E-state index is 0.0115. The van der Waals surface area contributed by atoms with Crippen LogP contribution < -0.4 is 57.5 Å². The van der Waals surface area contributed by atoms with E-state index in [1.54, 1.807) is 26.1 Å². The lowest BCUT2D eigenvalue weighted by Crippen LogP contribution is -2.70. The van der Waals surface area contributed by atoms with Crippen LogP contribution in [-0.4, -0.2) is 198 Å². The summed E-state index contributed by atoms with van der Waals surface area (Å²) in [6.07, 6.45) is -9.80. The summed E-state index contributed by atoms with van der Waals surface area (Å²) in [5.74, 6) is -0.233. The van der Waals surface area contributed by atoms with Gasteiger partial charge < -0.3 is 95.6 Å². The number of ether oxygens (including phenoxy) is 5. The standard InChI is InChI=1S/C68H83N9O17/c1-34(81)26-73-76-53-24-38(12-16-71-53)49-31-92-62-63(87)68(89)15-11-39(20-36-19-37(27-70-2)22-41(21-36)43(14-18-79)57(49)84)51(83)10-8-40-29-90-32-52(68)93-66(62)94-60-48(54(40)45-5-3-4-6-50(45)77-33-72-56-64(77)74-67(69)75-65(56)88)25-47-55(61(60)91-30-42(82)13-17-78)59(86)46-23-35(28-80)7-9-44(46)58(47)85/h3-7,9,12,17,19,21-25,34,39-40,42-43,49,51-52,54,56-57,62-64,66-67,70-74,76,79-84,87,89H,8,10,13-14,16,18,20,26-33,69H2,1-2H3,(H,75,88). The Balaban J connectivity index is 1.12. The number of para-hydroxylation sites is 1. The predicted octanol–water partition coefficient (Wildman–Crippen LogP) is -1.30. The first kappa shape index (κ1) is 66.8. The van der Waals surface area contributed by atoms with Gasteiger partial charge in [-0.1, -0.05) is 60.4 Å². The highest BCUT2D eigenvalue weighted by atomic mass is 16.7. The lowest BCUT2D eigenvalue weighted by atomic mass is 9.74. The van der Waals surface area contributed by atoms with Gasteiger partial charge in [0.2, 0.25) is 12.2 Å². The number of ketones is 2. The third kappa shape index (κ3) is 13.3. The second kappa shape index (κ2) is 28.6. The first-order valence-electron chi connectivity index (χ1n) is 32.1. The molecule has 8 bridgehead atoms. The quantitative estimate of drug-likeness (QED) is 0.0292. The molecular formula is C68H83N9O17. The molecule has 26 heteroatoms. The lowest BCUT2D eigenvalue weighted by Gasteiger charge is -2.47. The summed E-state index contributed by atoms with van der Waals surface area (Å²) in [6.45, 7) is 0.0722. The van der Waals surface area contributed by atoms with Crippen LogP contribution >= 0.6 is 0 Å². The zero-order valence-corrected chi connectivity index (χ0v) is 52.2. The maximum absolute atomic E-state index is 15.6. The number of aliphatic hydroxyl groups excluding tert-OH is 7. The van der Waals surface area contributed by atoms with E-state index in [4.69, 9.17) is 29.4 Å². The van der Waals surface area contributed by atoms with Gasteiger partial charge in [0.1, 0.15) is 55.5 Å². The van der Waals surface area contributed by atoms with Gasteiger partial charge in [-0.25, -0.2) is 5.43 Å². The van der Waals surface area contributed by atoms with Gasteiger partial charge in [-0.2, -0.15) is 0 Å². The second-order valence-electron chi connectivity index (χ2n) is 25.6. The van der Waals surface area contributed by atoms with Crippen molar-refractivity contribution >= 4 is 29.4 Å². The largest absolute Gasteiger partial charge is 0.486 e. The van der Waals surface area contributed by atoms with Gasteiger partial charge in [0.15, 0.2) is 28.7 Å². The number of amides is 1. The molecule has 7 aliphatic heterocycles. The predicted molar refractivity (Wildman–Crippen MR) is 338 cm³/mol. The molecule has 17 unspecified atom stereocenters. The zero-order valence-electron chi connectivity index (χ0n) is 52.2. The van der Waals surface area contributed by atoms with Crippen molar-refractivity contribution in [3.8, 4) is 23.3 Å². The molecule has 1 aliphatic carbocycles. The second-order valence-corrected chi connectivity index (χ2v) is 25.6. The Morgan fingerprint density at radius 3 is 2.57 bits per heavy atom. The number of allylic oxidation sites excluding steroid dienone is 1. The van der Waals surface area contributed by atoms with Crippen LogP contribution in [0.2, 0.25) is 0 Å². The van der Waals surface area contributed by atoms with Crippen molar-refractivity contribution in [3.63, 3.8) is 0 Å². The molecule has 26 nitrogen and oxygen atoms in total. The van der Waals surface area contributed by atoms with E-state index < -0.39 is 147 Å². The number of aliphatic hydroxyl groups is 8. The van der Waals surface area contributed by atoms with E-state index >= 15 is 9.59 Å². The van der Waals surface area contributed by atoms with Gasteiger partial charge in [-0.15, -0.1) is 0 Å². The van der Waals surface area contributed by atoms with E-state index in [0.29, 0.717) is 52.2 Å². The third-order valence-corrected chi connectivity index (χ3v) is 19.2. The van der Waals surface area contributed by atoms with E-state index in [2.05, 4.69) is 49.3 Å². The van der Waals surface area contributed by atoms with Crippen molar-refractivity contribution in [1.29, 1.82) is 0 Å². The van der Waals surface area contributed by atoms with Crippen LogP contribution in [0.5, 0.6) is 11.5 Å². The summed E-state index contributed by atoms with van der Waals surface area (Å²) in [6, 6.07) is 18.4. The fourth-order valence-corrected chi connectivity index (χ4v) is 14.5. The number of hydrazine groups is 1. The molecule has 8 aliphatic rings. The number of nitrogens with zero attached hydrogens (tertiary/aromatic N) is 1. The molecule has 17 N–H and O–H groups in total. The molecule has 502 valence electrons. The minimum Gasteiger partial charge on any atom is -0.486 e. The van der Waals surface area contributed by atoms with Gasteiger partial charge in [0, 0.05) is 78.4 Å². The summed E-state index contributed by atoms with van der Waals surface area (Å²) in [4.78, 5) is 58.7. The van der Waals surface area contributed by atoms with Crippen LogP contribution in [0, 0.1) is 29.6 Å². The molecule has 3 saturated heterocycles. The van der Waals surface area contributed by atoms with Gasteiger partial charge in [-0.05, 0) is 109 Å². The number of fused-ring (bicyclic) bond motifs is 13. The average molecular weight is 1300 g/mol. The molecule has 3 fully saturated rings. The van der Waals surface area contributed by atoms with Crippen molar-refractivity contribution in [2.45, 2.75) is 137 Å². The molecule has 0 aromatic heterocycles. The van der Waals surface area contributed by atoms with Crippen molar-refractivity contribution in [2.24, 2.45) is 23.5 Å². The van der Waals surface area contributed by atoms with Gasteiger partial charge in [0.25, 0.3) is 0 Å².